The van der Waals surface area contributed by atoms with Gasteiger partial charge in [0, 0.05) is 12.1 Å². The van der Waals surface area contributed by atoms with Gasteiger partial charge in [0.2, 0.25) is 0 Å². The topological polar surface area (TPSA) is 64.4 Å². The molecule has 0 fully saturated rings. The van der Waals surface area contributed by atoms with Crippen LogP contribution in [0.2, 0.25) is 0 Å². The number of benzene rings is 1. The largest absolute Gasteiger partial charge is 0.497 e. The fourth-order valence-electron chi connectivity index (χ4n) is 2.38. The van der Waals surface area contributed by atoms with Gasteiger partial charge < -0.3 is 14.4 Å². The maximum Gasteiger partial charge on any atom is 0.313 e. The number of imidazole rings is 1. The van der Waals surface area contributed by atoms with Crippen LogP contribution in [0.5, 0.6) is 5.75 Å². The Morgan fingerprint density at radius 1 is 1.52 bits per heavy atom. The van der Waals surface area contributed by atoms with E-state index < -0.39 is 5.97 Å². The molecule has 0 aliphatic carbocycles. The fourth-order valence-corrected chi connectivity index (χ4v) is 3.22. The first kappa shape index (κ1) is 15.7. The molecule has 0 aliphatic heterocycles. The molecule has 6 heteroatoms. The highest BCUT2D eigenvalue weighted by atomic mass is 32.2. The first-order valence-electron chi connectivity index (χ1n) is 6.97. The number of methoxy groups -OCH3 is 1. The highest BCUT2D eigenvalue weighted by Gasteiger charge is 2.17. The third-order valence-corrected chi connectivity index (χ3v) is 4.27. The summed E-state index contributed by atoms with van der Waals surface area (Å²) in [5, 5.41) is 9.64. The van der Waals surface area contributed by atoms with Crippen LogP contribution in [-0.4, -0.2) is 33.5 Å². The maximum absolute atomic E-state index is 10.8. The Bertz CT molecular complexity index is 639. The molecule has 0 radical (unpaired) electrons. The van der Waals surface area contributed by atoms with Crippen LogP contribution in [0.4, 0.5) is 0 Å². The van der Waals surface area contributed by atoms with E-state index in [1.54, 1.807) is 7.11 Å². The second-order valence-corrected chi connectivity index (χ2v) is 5.88. The molecule has 0 saturated carbocycles. The van der Waals surface area contributed by atoms with Crippen molar-refractivity contribution in [1.29, 1.82) is 0 Å². The number of carboxylic acids is 1. The van der Waals surface area contributed by atoms with E-state index in [0.717, 1.165) is 34.8 Å². The van der Waals surface area contributed by atoms with Crippen LogP contribution in [0.15, 0.2) is 23.4 Å². The van der Waals surface area contributed by atoms with Crippen molar-refractivity contribution in [3.05, 3.63) is 18.2 Å². The van der Waals surface area contributed by atoms with Gasteiger partial charge in [-0.2, -0.15) is 0 Å². The number of hydrogen-bond donors (Lipinski definition) is 1. The van der Waals surface area contributed by atoms with Gasteiger partial charge in [0.05, 0.1) is 23.9 Å². The molecule has 2 rings (SSSR count). The number of ether oxygens (including phenoxy) is 1. The van der Waals surface area contributed by atoms with Crippen LogP contribution in [0, 0.1) is 0 Å². The van der Waals surface area contributed by atoms with Gasteiger partial charge in [0.1, 0.15) is 5.75 Å². The fraction of sp³-hybridized carbons (Fsp3) is 0.467. The number of nitrogens with zero attached hydrogens (tertiary/aromatic N) is 2. The standard InChI is InChI=1S/C15H20N2O3S/c1-4-5-10(2)17-13-7-6-11(20-3)8-12(13)16-15(17)21-9-14(18)19/h6-8,10H,4-5,9H2,1-3H3,(H,18,19). The molecule has 0 aliphatic rings. The van der Waals surface area contributed by atoms with Crippen molar-refractivity contribution in [3.63, 3.8) is 0 Å². The first-order valence-corrected chi connectivity index (χ1v) is 7.96. The average molecular weight is 308 g/mol. The molecular formula is C15H20N2O3S. The lowest BCUT2D eigenvalue weighted by Gasteiger charge is -2.16. The van der Waals surface area contributed by atoms with E-state index in [1.807, 2.05) is 18.2 Å². The summed E-state index contributed by atoms with van der Waals surface area (Å²) < 4.78 is 7.36. The Balaban J connectivity index is 2.47. The molecule has 21 heavy (non-hydrogen) atoms. The van der Waals surface area contributed by atoms with Gasteiger partial charge in [-0.3, -0.25) is 4.79 Å². The average Bonchev–Trinajstić information content (AvgIpc) is 2.82. The summed E-state index contributed by atoms with van der Waals surface area (Å²) in [5.74, 6) is -0.0661. The van der Waals surface area contributed by atoms with E-state index in [4.69, 9.17) is 9.84 Å². The molecule has 0 bridgehead atoms. The van der Waals surface area contributed by atoms with Gasteiger partial charge in [0.25, 0.3) is 0 Å². The SMILES string of the molecule is CCCC(C)n1c(SCC(=O)O)nc2cc(OC)ccc21. The van der Waals surface area contributed by atoms with Gasteiger partial charge >= 0.3 is 5.97 Å². The van der Waals surface area contributed by atoms with Crippen molar-refractivity contribution < 1.29 is 14.6 Å². The predicted molar refractivity (Wildman–Crippen MR) is 84.3 cm³/mol. The summed E-state index contributed by atoms with van der Waals surface area (Å²) in [6, 6.07) is 6.06. The van der Waals surface area contributed by atoms with Crippen molar-refractivity contribution in [3.8, 4) is 5.75 Å². The van der Waals surface area contributed by atoms with Crippen molar-refractivity contribution in [2.75, 3.05) is 12.9 Å². The molecular weight excluding hydrogens is 288 g/mol. The van der Waals surface area contributed by atoms with E-state index in [2.05, 4.69) is 23.4 Å². The molecule has 0 amide bonds. The molecule has 0 spiro atoms. The Hall–Kier alpha value is -1.69. The van der Waals surface area contributed by atoms with Crippen LogP contribution in [0.3, 0.4) is 0 Å². The third kappa shape index (κ3) is 3.50. The molecule has 1 aromatic carbocycles. The van der Waals surface area contributed by atoms with E-state index in [1.165, 1.54) is 11.8 Å². The Kier molecular flexibility index (Phi) is 5.12. The molecule has 1 aromatic heterocycles. The van der Waals surface area contributed by atoms with E-state index in [9.17, 15) is 4.79 Å². The third-order valence-electron chi connectivity index (χ3n) is 3.34. The number of carbonyl (C=O) groups is 1. The van der Waals surface area contributed by atoms with Gasteiger partial charge in [-0.1, -0.05) is 25.1 Å². The molecule has 1 atom stereocenters. The number of thioether (sulfide) groups is 1. The minimum atomic E-state index is -0.834. The molecule has 114 valence electrons. The van der Waals surface area contributed by atoms with Gasteiger partial charge in [-0.25, -0.2) is 4.98 Å². The van der Waals surface area contributed by atoms with E-state index >= 15 is 0 Å². The highest BCUT2D eigenvalue weighted by Crippen LogP contribution is 2.31. The zero-order valence-corrected chi connectivity index (χ0v) is 13.3. The first-order chi connectivity index (χ1) is 10.1. The zero-order valence-electron chi connectivity index (χ0n) is 12.5. The monoisotopic (exact) mass is 308 g/mol. The lowest BCUT2D eigenvalue weighted by molar-refractivity contribution is -0.133. The van der Waals surface area contributed by atoms with Crippen LogP contribution in [-0.2, 0) is 4.79 Å². The summed E-state index contributed by atoms with van der Waals surface area (Å²) in [5.41, 5.74) is 1.86. The molecule has 1 heterocycles. The Morgan fingerprint density at radius 3 is 2.90 bits per heavy atom. The number of aromatic nitrogens is 2. The summed E-state index contributed by atoms with van der Waals surface area (Å²) in [7, 11) is 1.62. The minimum Gasteiger partial charge on any atom is -0.497 e. The van der Waals surface area contributed by atoms with Crippen LogP contribution < -0.4 is 4.74 Å². The van der Waals surface area contributed by atoms with Crippen molar-refractivity contribution in [1.82, 2.24) is 9.55 Å². The Labute approximate surface area is 128 Å². The Morgan fingerprint density at radius 2 is 2.29 bits per heavy atom. The number of aliphatic carboxylic acids is 1. The summed E-state index contributed by atoms with van der Waals surface area (Å²) in [6.07, 6.45) is 2.10. The second kappa shape index (κ2) is 6.85. The van der Waals surface area contributed by atoms with Crippen molar-refractivity contribution in [2.24, 2.45) is 0 Å². The normalized spacial score (nSPS) is 12.5. The summed E-state index contributed by atoms with van der Waals surface area (Å²) in [4.78, 5) is 15.4. The van der Waals surface area contributed by atoms with E-state index in [0.29, 0.717) is 0 Å². The molecule has 1 unspecified atom stereocenters. The zero-order chi connectivity index (χ0) is 15.4. The van der Waals surface area contributed by atoms with Crippen LogP contribution >= 0.6 is 11.8 Å². The van der Waals surface area contributed by atoms with Crippen molar-refractivity contribution >= 4 is 28.8 Å². The van der Waals surface area contributed by atoms with Crippen molar-refractivity contribution in [2.45, 2.75) is 37.9 Å². The second-order valence-electron chi connectivity index (χ2n) is 4.94. The minimum absolute atomic E-state index is 0.0132. The summed E-state index contributed by atoms with van der Waals surface area (Å²) in [6.45, 7) is 4.28. The molecule has 2 aromatic rings. The highest BCUT2D eigenvalue weighted by molar-refractivity contribution is 7.99. The predicted octanol–water partition coefficient (Wildman–Crippen LogP) is 3.58. The molecule has 1 N–H and O–H groups in total. The van der Waals surface area contributed by atoms with Gasteiger partial charge in [-0.15, -0.1) is 0 Å². The lowest BCUT2D eigenvalue weighted by Crippen LogP contribution is -2.08. The molecule has 0 saturated heterocycles. The summed E-state index contributed by atoms with van der Waals surface area (Å²) >= 11 is 1.26. The smallest absolute Gasteiger partial charge is 0.313 e. The lowest BCUT2D eigenvalue weighted by atomic mass is 10.2. The van der Waals surface area contributed by atoms with Gasteiger partial charge in [0.15, 0.2) is 5.16 Å². The number of carboxylic acid groups (broad SMARTS) is 1. The van der Waals surface area contributed by atoms with Crippen LogP contribution in [0.25, 0.3) is 11.0 Å². The van der Waals surface area contributed by atoms with Crippen LogP contribution in [0.1, 0.15) is 32.7 Å². The molecule has 5 nitrogen and oxygen atoms in total. The van der Waals surface area contributed by atoms with E-state index in [-0.39, 0.29) is 11.8 Å². The number of hydrogen-bond acceptors (Lipinski definition) is 4. The number of rotatable bonds is 7. The number of fused-ring (bicyclic) bond motifs is 1. The van der Waals surface area contributed by atoms with Gasteiger partial charge in [-0.05, 0) is 25.5 Å². The maximum atomic E-state index is 10.8. The quantitative estimate of drug-likeness (QED) is 0.792.